The largest absolute Gasteiger partial charge is 0.328 e. The number of halogens is 1. The van der Waals surface area contributed by atoms with Crippen molar-refractivity contribution in [3.8, 4) is 0 Å². The summed E-state index contributed by atoms with van der Waals surface area (Å²) in [5.74, 6) is -0.314. The molecule has 0 saturated carbocycles. The lowest BCUT2D eigenvalue weighted by atomic mass is 10.1. The van der Waals surface area contributed by atoms with Crippen molar-refractivity contribution in [3.63, 3.8) is 0 Å². The van der Waals surface area contributed by atoms with Gasteiger partial charge in [-0.2, -0.15) is 0 Å². The summed E-state index contributed by atoms with van der Waals surface area (Å²) in [7, 11) is 0. The number of amides is 4. The van der Waals surface area contributed by atoms with Crippen molar-refractivity contribution in [1.29, 1.82) is 0 Å². The number of carbonyl (C=O) groups excluding carboxylic acids is 3. The zero-order valence-corrected chi connectivity index (χ0v) is 16.3. The molecule has 27 heavy (non-hydrogen) atoms. The number of benzene rings is 1. The van der Waals surface area contributed by atoms with E-state index in [9.17, 15) is 14.4 Å². The van der Waals surface area contributed by atoms with Gasteiger partial charge in [-0.1, -0.05) is 0 Å². The fourth-order valence-corrected chi connectivity index (χ4v) is 3.38. The maximum atomic E-state index is 12.4. The van der Waals surface area contributed by atoms with Gasteiger partial charge in [-0.15, -0.1) is 12.4 Å². The summed E-state index contributed by atoms with van der Waals surface area (Å²) in [4.78, 5) is 39.1. The number of piperazine rings is 1. The predicted octanol–water partition coefficient (Wildman–Crippen LogP) is 1.18. The minimum Gasteiger partial charge on any atom is -0.325 e. The molecule has 148 valence electrons. The van der Waals surface area contributed by atoms with Crippen LogP contribution in [0.2, 0.25) is 0 Å². The smallest absolute Gasteiger partial charge is 0.325 e. The summed E-state index contributed by atoms with van der Waals surface area (Å²) in [6.07, 6.45) is 0.283. The molecule has 2 aliphatic heterocycles. The monoisotopic (exact) mass is 395 g/mol. The van der Waals surface area contributed by atoms with Gasteiger partial charge in [0.2, 0.25) is 11.8 Å². The molecule has 4 amide bonds. The molecule has 8 nitrogen and oxygen atoms in total. The van der Waals surface area contributed by atoms with Crippen molar-refractivity contribution < 1.29 is 14.4 Å². The molecule has 2 heterocycles. The molecule has 3 N–H and O–H groups in total. The number of urea groups is 1. The second-order valence-corrected chi connectivity index (χ2v) is 6.88. The Balaban J connectivity index is 0.00000261. The minimum atomic E-state index is -0.417. The first-order valence-electron chi connectivity index (χ1n) is 8.92. The van der Waals surface area contributed by atoms with Crippen LogP contribution in [0.3, 0.4) is 0 Å². The van der Waals surface area contributed by atoms with Crippen LogP contribution in [0.4, 0.5) is 16.2 Å². The Morgan fingerprint density at radius 2 is 1.78 bits per heavy atom. The number of imide groups is 1. The summed E-state index contributed by atoms with van der Waals surface area (Å²) >= 11 is 0. The van der Waals surface area contributed by atoms with Crippen LogP contribution in [0.15, 0.2) is 24.3 Å². The van der Waals surface area contributed by atoms with E-state index >= 15 is 0 Å². The van der Waals surface area contributed by atoms with Crippen LogP contribution in [0.5, 0.6) is 0 Å². The number of nitrogens with zero attached hydrogens (tertiary/aromatic N) is 2. The molecule has 3 rings (SSSR count). The first-order valence-corrected chi connectivity index (χ1v) is 8.92. The Morgan fingerprint density at radius 3 is 2.37 bits per heavy atom. The van der Waals surface area contributed by atoms with Crippen LogP contribution < -0.4 is 20.9 Å². The lowest BCUT2D eigenvalue weighted by Gasteiger charge is -2.38. The summed E-state index contributed by atoms with van der Waals surface area (Å²) in [5.41, 5.74) is 1.38. The highest BCUT2D eigenvalue weighted by Crippen LogP contribution is 2.20. The zero-order valence-electron chi connectivity index (χ0n) is 15.5. The molecule has 2 saturated heterocycles. The molecule has 0 bridgehead atoms. The van der Waals surface area contributed by atoms with Crippen LogP contribution in [-0.2, 0) is 9.59 Å². The van der Waals surface area contributed by atoms with Gasteiger partial charge in [0.05, 0.1) is 6.54 Å². The number of hydrogen-bond donors (Lipinski definition) is 3. The maximum Gasteiger partial charge on any atom is 0.328 e. The fraction of sp³-hybridized carbons (Fsp3) is 0.500. The fourth-order valence-electron chi connectivity index (χ4n) is 3.38. The van der Waals surface area contributed by atoms with Crippen molar-refractivity contribution >= 4 is 41.6 Å². The second kappa shape index (κ2) is 9.16. The van der Waals surface area contributed by atoms with E-state index in [1.165, 1.54) is 4.90 Å². The molecule has 2 unspecified atom stereocenters. The molecular weight excluding hydrogens is 370 g/mol. The lowest BCUT2D eigenvalue weighted by Crippen LogP contribution is -2.56. The molecule has 2 aliphatic rings. The molecule has 0 aromatic heterocycles. The van der Waals surface area contributed by atoms with Crippen molar-refractivity contribution in [2.75, 3.05) is 36.4 Å². The summed E-state index contributed by atoms with van der Waals surface area (Å²) in [5, 5.41) is 8.55. The first-order chi connectivity index (χ1) is 12.4. The number of nitrogens with one attached hydrogen (secondary N) is 3. The van der Waals surface area contributed by atoms with E-state index in [4.69, 9.17) is 0 Å². The lowest BCUT2D eigenvalue weighted by molar-refractivity contribution is -0.120. The van der Waals surface area contributed by atoms with Crippen LogP contribution in [-0.4, -0.2) is 61.0 Å². The number of hydrogen-bond acceptors (Lipinski definition) is 5. The molecule has 0 radical (unpaired) electrons. The first kappa shape index (κ1) is 21.1. The van der Waals surface area contributed by atoms with Gasteiger partial charge in [0.15, 0.2) is 0 Å². The van der Waals surface area contributed by atoms with Gasteiger partial charge in [0.25, 0.3) is 0 Å². The van der Waals surface area contributed by atoms with Crippen LogP contribution >= 0.6 is 12.4 Å². The van der Waals surface area contributed by atoms with E-state index in [1.807, 2.05) is 0 Å². The normalized spacial score (nSPS) is 23.4. The van der Waals surface area contributed by atoms with Gasteiger partial charge in [0.1, 0.15) is 0 Å². The topological polar surface area (TPSA) is 93.8 Å². The molecule has 9 heteroatoms. The van der Waals surface area contributed by atoms with E-state index < -0.39 is 6.03 Å². The average Bonchev–Trinajstić information content (AvgIpc) is 2.59. The molecule has 1 aromatic rings. The van der Waals surface area contributed by atoms with Crippen molar-refractivity contribution in [2.24, 2.45) is 0 Å². The quantitative estimate of drug-likeness (QED) is 0.711. The Labute approximate surface area is 165 Å². The number of rotatable bonds is 4. The van der Waals surface area contributed by atoms with Gasteiger partial charge in [-0.05, 0) is 38.1 Å². The standard InChI is InChI=1S/C18H25N5O3.ClH/c1-12-9-19-10-13(2)23(12)11-17(25)20-14-3-5-15(6-4-14)22-8-7-16(24)21-18(22)26;/h3-6,12-13,19H,7-11H2,1-2H3,(H,20,25)(H,21,24,26);1H. The third kappa shape index (κ3) is 5.18. The Kier molecular flexibility index (Phi) is 7.18. The van der Waals surface area contributed by atoms with Crippen molar-refractivity contribution in [3.05, 3.63) is 24.3 Å². The van der Waals surface area contributed by atoms with E-state index in [2.05, 4.69) is 34.7 Å². The SMILES string of the molecule is CC1CNCC(C)N1CC(=O)Nc1ccc(N2CCC(=O)NC2=O)cc1.Cl. The molecule has 2 fully saturated rings. The molecule has 0 aliphatic carbocycles. The van der Waals surface area contributed by atoms with E-state index in [0.29, 0.717) is 36.5 Å². The number of carbonyl (C=O) groups is 3. The van der Waals surface area contributed by atoms with E-state index in [1.54, 1.807) is 24.3 Å². The van der Waals surface area contributed by atoms with Crippen molar-refractivity contribution in [2.45, 2.75) is 32.4 Å². The average molecular weight is 396 g/mol. The van der Waals surface area contributed by atoms with Gasteiger partial charge in [-0.25, -0.2) is 4.79 Å². The molecule has 1 aromatic carbocycles. The summed E-state index contributed by atoms with van der Waals surface area (Å²) in [6.45, 7) is 6.69. The van der Waals surface area contributed by atoms with Gasteiger partial charge in [-0.3, -0.25) is 24.7 Å². The van der Waals surface area contributed by atoms with Crippen molar-refractivity contribution in [1.82, 2.24) is 15.5 Å². The van der Waals surface area contributed by atoms with Gasteiger partial charge < -0.3 is 10.6 Å². The Morgan fingerprint density at radius 1 is 1.15 bits per heavy atom. The number of anilines is 2. The summed E-state index contributed by atoms with van der Waals surface area (Å²) < 4.78 is 0. The van der Waals surface area contributed by atoms with Crippen LogP contribution in [0, 0.1) is 0 Å². The van der Waals surface area contributed by atoms with E-state index in [-0.39, 0.29) is 30.6 Å². The highest BCUT2D eigenvalue weighted by atomic mass is 35.5. The van der Waals surface area contributed by atoms with Crippen LogP contribution in [0.25, 0.3) is 0 Å². The second-order valence-electron chi connectivity index (χ2n) is 6.88. The van der Waals surface area contributed by atoms with E-state index in [0.717, 1.165) is 13.1 Å². The Hall–Kier alpha value is -2.16. The molecular formula is C18H26ClN5O3. The minimum absolute atomic E-state index is 0. The maximum absolute atomic E-state index is 12.4. The zero-order chi connectivity index (χ0) is 18.7. The summed E-state index contributed by atoms with van der Waals surface area (Å²) in [6, 6.07) is 7.27. The highest BCUT2D eigenvalue weighted by Gasteiger charge is 2.26. The third-order valence-electron chi connectivity index (χ3n) is 4.85. The highest BCUT2D eigenvalue weighted by molar-refractivity contribution is 6.05. The van der Waals surface area contributed by atoms with Gasteiger partial charge >= 0.3 is 6.03 Å². The van der Waals surface area contributed by atoms with Crippen LogP contribution in [0.1, 0.15) is 20.3 Å². The molecule has 2 atom stereocenters. The predicted molar refractivity (Wildman–Crippen MR) is 106 cm³/mol. The molecule has 0 spiro atoms. The third-order valence-corrected chi connectivity index (χ3v) is 4.85. The van der Waals surface area contributed by atoms with Gasteiger partial charge in [0, 0.05) is 49.5 Å². The Bertz CT molecular complexity index is 687.